The highest BCUT2D eigenvalue weighted by atomic mass is 19.1. The van der Waals surface area contributed by atoms with Crippen LogP contribution in [-0.4, -0.2) is 12.6 Å². The van der Waals surface area contributed by atoms with Gasteiger partial charge in [-0.3, -0.25) is 0 Å². The molecule has 2 aromatic carbocycles. The molecule has 1 aliphatic heterocycles. The first-order chi connectivity index (χ1) is 13.4. The number of rotatable bonds is 7. The summed E-state index contributed by atoms with van der Waals surface area (Å²) in [6.45, 7) is 8.83. The van der Waals surface area contributed by atoms with Crippen LogP contribution in [-0.2, 0) is 16.6 Å². The number of benzene rings is 2. The van der Waals surface area contributed by atoms with E-state index in [0.717, 1.165) is 40.8 Å². The molecular weight excluding hydrogens is 356 g/mol. The number of halogens is 2. The topological polar surface area (TPSA) is 21.6 Å². The number of hydrogen-bond acceptors (Lipinski definition) is 2. The van der Waals surface area contributed by atoms with Gasteiger partial charge in [0.1, 0.15) is 5.82 Å². The Kier molecular flexibility index (Phi) is 6.29. The van der Waals surface area contributed by atoms with Gasteiger partial charge >= 0.3 is 0 Å². The number of aryl methyl sites for hydroxylation is 2. The summed E-state index contributed by atoms with van der Waals surface area (Å²) in [5.74, 6) is -0.544. The van der Waals surface area contributed by atoms with Crippen molar-refractivity contribution in [2.45, 2.75) is 64.9 Å². The van der Waals surface area contributed by atoms with Gasteiger partial charge in [-0.15, -0.1) is 0 Å². The van der Waals surface area contributed by atoms with Crippen molar-refractivity contribution in [3.63, 3.8) is 0 Å². The molecule has 0 aromatic heterocycles. The normalized spacial score (nSPS) is 15.1. The highest BCUT2D eigenvalue weighted by molar-refractivity contribution is 5.82. The lowest BCUT2D eigenvalue weighted by Gasteiger charge is -2.34. The van der Waals surface area contributed by atoms with Crippen LogP contribution >= 0.6 is 0 Å². The Morgan fingerprint density at radius 2 is 1.75 bits per heavy atom. The smallest absolute Gasteiger partial charge is 0.189 e. The van der Waals surface area contributed by atoms with Gasteiger partial charge in [0.2, 0.25) is 0 Å². The summed E-state index contributed by atoms with van der Waals surface area (Å²) >= 11 is 0. The molecule has 150 valence electrons. The fraction of sp³-hybridized carbons (Fsp3) is 0.458. The van der Waals surface area contributed by atoms with Crippen LogP contribution in [0.1, 0.15) is 68.4 Å². The minimum atomic E-state index is -0.312. The summed E-state index contributed by atoms with van der Waals surface area (Å²) in [6, 6.07) is 10.8. The number of aliphatic imine (C=N–C) groups is 1. The van der Waals surface area contributed by atoms with Gasteiger partial charge < -0.3 is 4.74 Å². The van der Waals surface area contributed by atoms with Gasteiger partial charge in [-0.05, 0) is 56.4 Å². The second-order valence-electron chi connectivity index (χ2n) is 7.80. The highest BCUT2D eigenvalue weighted by Crippen LogP contribution is 2.38. The average molecular weight is 385 g/mol. The molecule has 0 radical (unpaired) electrons. The van der Waals surface area contributed by atoms with E-state index in [4.69, 9.17) is 4.74 Å². The summed E-state index contributed by atoms with van der Waals surface area (Å²) in [6.07, 6.45) is 2.61. The van der Waals surface area contributed by atoms with Crippen molar-refractivity contribution in [2.24, 2.45) is 4.99 Å². The molecule has 1 unspecified atom stereocenters. The predicted molar refractivity (Wildman–Crippen MR) is 111 cm³/mol. The molecule has 0 aliphatic carbocycles. The average Bonchev–Trinajstić information content (AvgIpc) is 2.69. The summed E-state index contributed by atoms with van der Waals surface area (Å²) in [4.78, 5) is 4.19. The number of fused-ring (bicyclic) bond motifs is 1. The maximum absolute atomic E-state index is 13.8. The first kappa shape index (κ1) is 20.7. The Bertz CT molecular complexity index is 854. The SMILES string of the molecule is CCC(CC)(COC(C)c1cc(C)cc2c1N=C(F)CC2)c1ccc(F)cc1. The quantitative estimate of drug-likeness (QED) is 0.507. The van der Waals surface area contributed by atoms with E-state index in [-0.39, 0.29) is 23.3 Å². The molecule has 3 rings (SSSR count). The van der Waals surface area contributed by atoms with E-state index in [9.17, 15) is 8.78 Å². The third kappa shape index (κ3) is 4.17. The van der Waals surface area contributed by atoms with Crippen LogP contribution in [0.25, 0.3) is 0 Å². The van der Waals surface area contributed by atoms with Crippen LogP contribution in [0.5, 0.6) is 0 Å². The summed E-state index contributed by atoms with van der Waals surface area (Å²) in [5.41, 5.74) is 4.79. The molecule has 2 aromatic rings. The Morgan fingerprint density at radius 3 is 2.39 bits per heavy atom. The molecular formula is C24H29F2NO. The Morgan fingerprint density at radius 1 is 1.07 bits per heavy atom. The Labute approximate surface area is 166 Å². The second kappa shape index (κ2) is 8.52. The van der Waals surface area contributed by atoms with Crippen LogP contribution < -0.4 is 0 Å². The number of ether oxygens (including phenoxy) is 1. The maximum Gasteiger partial charge on any atom is 0.189 e. The summed E-state index contributed by atoms with van der Waals surface area (Å²) in [5, 5.41) is 0. The minimum Gasteiger partial charge on any atom is -0.373 e. The zero-order valence-electron chi connectivity index (χ0n) is 17.2. The van der Waals surface area contributed by atoms with Crippen molar-refractivity contribution in [1.82, 2.24) is 0 Å². The summed E-state index contributed by atoms with van der Waals surface area (Å²) in [7, 11) is 0. The molecule has 0 amide bonds. The van der Waals surface area contributed by atoms with E-state index in [1.165, 1.54) is 12.1 Å². The van der Waals surface area contributed by atoms with E-state index in [1.54, 1.807) is 0 Å². The van der Waals surface area contributed by atoms with Crippen LogP contribution in [0, 0.1) is 12.7 Å². The van der Waals surface area contributed by atoms with Crippen LogP contribution in [0.3, 0.4) is 0 Å². The molecule has 4 heteroatoms. The van der Waals surface area contributed by atoms with Gasteiger partial charge in [-0.25, -0.2) is 9.38 Å². The number of nitrogens with zero attached hydrogens (tertiary/aromatic N) is 1. The maximum atomic E-state index is 13.8. The fourth-order valence-electron chi connectivity index (χ4n) is 4.06. The zero-order chi connectivity index (χ0) is 20.3. The summed E-state index contributed by atoms with van der Waals surface area (Å²) < 4.78 is 33.5. The third-order valence-corrected chi connectivity index (χ3v) is 6.05. The fourth-order valence-corrected chi connectivity index (χ4v) is 4.06. The monoisotopic (exact) mass is 385 g/mol. The lowest BCUT2D eigenvalue weighted by Crippen LogP contribution is -2.31. The predicted octanol–water partition coefficient (Wildman–Crippen LogP) is 6.92. The first-order valence-electron chi connectivity index (χ1n) is 10.1. The molecule has 28 heavy (non-hydrogen) atoms. The van der Waals surface area contributed by atoms with E-state index < -0.39 is 0 Å². The van der Waals surface area contributed by atoms with Crippen molar-refractivity contribution >= 4 is 11.7 Å². The van der Waals surface area contributed by atoms with Gasteiger partial charge in [0.05, 0.1) is 18.4 Å². The van der Waals surface area contributed by atoms with Gasteiger partial charge in [0.25, 0.3) is 0 Å². The van der Waals surface area contributed by atoms with E-state index >= 15 is 0 Å². The molecule has 0 spiro atoms. The van der Waals surface area contributed by atoms with Crippen LogP contribution in [0.15, 0.2) is 41.4 Å². The van der Waals surface area contributed by atoms with Crippen molar-refractivity contribution < 1.29 is 13.5 Å². The van der Waals surface area contributed by atoms with Gasteiger partial charge in [0, 0.05) is 17.4 Å². The largest absolute Gasteiger partial charge is 0.373 e. The second-order valence-corrected chi connectivity index (χ2v) is 7.80. The Hall–Kier alpha value is -2.07. The van der Waals surface area contributed by atoms with E-state index in [0.29, 0.717) is 19.4 Å². The lowest BCUT2D eigenvalue weighted by molar-refractivity contribution is 0.0237. The molecule has 1 atom stereocenters. The standard InChI is InChI=1S/C24H29F2NO/c1-5-24(6-2,19-8-10-20(25)11-9-19)15-28-17(4)21-14-16(3)13-18-7-12-22(26)27-23(18)21/h8-11,13-14,17H,5-7,12,15H2,1-4H3. The van der Waals surface area contributed by atoms with E-state index in [1.807, 2.05) is 32.0 Å². The lowest BCUT2D eigenvalue weighted by atomic mass is 9.76. The number of hydrogen-bond donors (Lipinski definition) is 0. The molecule has 0 fully saturated rings. The molecule has 1 heterocycles. The molecule has 1 aliphatic rings. The minimum absolute atomic E-state index is 0.180. The first-order valence-corrected chi connectivity index (χ1v) is 10.1. The van der Waals surface area contributed by atoms with Crippen molar-refractivity contribution in [1.29, 1.82) is 0 Å². The van der Waals surface area contributed by atoms with Crippen molar-refractivity contribution in [3.05, 3.63) is 64.5 Å². The highest BCUT2D eigenvalue weighted by Gasteiger charge is 2.30. The zero-order valence-corrected chi connectivity index (χ0v) is 17.2. The van der Waals surface area contributed by atoms with Crippen LogP contribution in [0.2, 0.25) is 0 Å². The van der Waals surface area contributed by atoms with Crippen LogP contribution in [0.4, 0.5) is 14.5 Å². The molecule has 0 saturated carbocycles. The van der Waals surface area contributed by atoms with Gasteiger partial charge in [0.15, 0.2) is 5.97 Å². The molecule has 0 N–H and O–H groups in total. The van der Waals surface area contributed by atoms with Gasteiger partial charge in [-0.2, -0.15) is 4.39 Å². The molecule has 0 bridgehead atoms. The van der Waals surface area contributed by atoms with E-state index in [2.05, 4.69) is 24.9 Å². The molecule has 2 nitrogen and oxygen atoms in total. The molecule has 0 saturated heterocycles. The van der Waals surface area contributed by atoms with Crippen molar-refractivity contribution in [2.75, 3.05) is 6.61 Å². The Balaban J connectivity index is 1.86. The van der Waals surface area contributed by atoms with Crippen molar-refractivity contribution in [3.8, 4) is 0 Å². The third-order valence-electron chi connectivity index (χ3n) is 6.05. The van der Waals surface area contributed by atoms with Gasteiger partial charge in [-0.1, -0.05) is 43.7 Å².